The summed E-state index contributed by atoms with van der Waals surface area (Å²) in [6, 6.07) is 0. The van der Waals surface area contributed by atoms with E-state index in [2.05, 4.69) is 24.2 Å². The molecule has 1 saturated heterocycles. The number of carbonyl (C=O) groups excluding carboxylic acids is 1. The van der Waals surface area contributed by atoms with E-state index in [0.29, 0.717) is 18.9 Å². The summed E-state index contributed by atoms with van der Waals surface area (Å²) in [7, 11) is 2.18. The SMILES string of the molecule is CCC(CN)CC(=O)NCCC1CCN(C)CC1. The van der Waals surface area contributed by atoms with Crippen molar-refractivity contribution in [3.05, 3.63) is 0 Å². The average Bonchev–Trinajstić information content (AvgIpc) is 2.38. The predicted octanol–water partition coefficient (Wildman–Crippen LogP) is 1.21. The van der Waals surface area contributed by atoms with Crippen molar-refractivity contribution in [1.29, 1.82) is 0 Å². The van der Waals surface area contributed by atoms with Gasteiger partial charge in [0.25, 0.3) is 0 Å². The van der Waals surface area contributed by atoms with Crippen molar-refractivity contribution >= 4 is 5.91 Å². The van der Waals surface area contributed by atoms with Crippen molar-refractivity contribution in [1.82, 2.24) is 10.2 Å². The van der Waals surface area contributed by atoms with Crippen LogP contribution in [0.1, 0.15) is 39.0 Å². The van der Waals surface area contributed by atoms with E-state index in [0.717, 1.165) is 25.3 Å². The van der Waals surface area contributed by atoms with Crippen molar-refractivity contribution in [3.63, 3.8) is 0 Å². The summed E-state index contributed by atoms with van der Waals surface area (Å²) < 4.78 is 0. The fraction of sp³-hybridized carbons (Fsp3) is 0.929. The van der Waals surface area contributed by atoms with E-state index in [4.69, 9.17) is 5.73 Å². The number of amides is 1. The van der Waals surface area contributed by atoms with Gasteiger partial charge in [-0.25, -0.2) is 0 Å². The van der Waals surface area contributed by atoms with Crippen LogP contribution in [0.3, 0.4) is 0 Å². The van der Waals surface area contributed by atoms with Gasteiger partial charge in [-0.1, -0.05) is 13.3 Å². The molecule has 0 spiro atoms. The maximum absolute atomic E-state index is 11.7. The fourth-order valence-electron chi connectivity index (χ4n) is 2.50. The zero-order valence-electron chi connectivity index (χ0n) is 12.0. The molecule has 0 aromatic rings. The molecule has 1 fully saturated rings. The minimum absolute atomic E-state index is 0.167. The number of nitrogens with two attached hydrogens (primary N) is 1. The highest BCUT2D eigenvalue weighted by atomic mass is 16.1. The Hall–Kier alpha value is -0.610. The smallest absolute Gasteiger partial charge is 0.220 e. The first-order valence-corrected chi connectivity index (χ1v) is 7.31. The van der Waals surface area contributed by atoms with Gasteiger partial charge in [-0.15, -0.1) is 0 Å². The maximum Gasteiger partial charge on any atom is 0.220 e. The minimum atomic E-state index is 0.167. The highest BCUT2D eigenvalue weighted by Gasteiger charge is 2.16. The largest absolute Gasteiger partial charge is 0.356 e. The lowest BCUT2D eigenvalue weighted by molar-refractivity contribution is -0.122. The molecule has 0 aliphatic carbocycles. The molecule has 4 heteroatoms. The van der Waals surface area contributed by atoms with Gasteiger partial charge in [0.05, 0.1) is 0 Å². The van der Waals surface area contributed by atoms with Crippen LogP contribution in [-0.4, -0.2) is 44.0 Å². The van der Waals surface area contributed by atoms with Gasteiger partial charge in [-0.3, -0.25) is 4.79 Å². The lowest BCUT2D eigenvalue weighted by atomic mass is 9.94. The van der Waals surface area contributed by atoms with E-state index in [1.807, 2.05) is 0 Å². The minimum Gasteiger partial charge on any atom is -0.356 e. The first-order chi connectivity index (χ1) is 8.65. The lowest BCUT2D eigenvalue weighted by Crippen LogP contribution is -2.33. The van der Waals surface area contributed by atoms with E-state index in [1.165, 1.54) is 25.9 Å². The zero-order chi connectivity index (χ0) is 13.4. The molecule has 0 saturated carbocycles. The Bertz CT molecular complexity index is 233. The van der Waals surface area contributed by atoms with Crippen LogP contribution in [0.15, 0.2) is 0 Å². The number of hydrogen-bond acceptors (Lipinski definition) is 3. The molecular formula is C14H29N3O. The Labute approximate surface area is 111 Å². The Morgan fingerprint density at radius 3 is 2.67 bits per heavy atom. The second kappa shape index (κ2) is 8.48. The van der Waals surface area contributed by atoms with E-state index in [9.17, 15) is 4.79 Å². The number of nitrogens with zero attached hydrogens (tertiary/aromatic N) is 1. The number of likely N-dealkylation sites (tertiary alicyclic amines) is 1. The van der Waals surface area contributed by atoms with Gasteiger partial charge in [0.15, 0.2) is 0 Å². The molecule has 1 rings (SSSR count). The molecule has 0 radical (unpaired) electrons. The van der Waals surface area contributed by atoms with Crippen LogP contribution in [0.2, 0.25) is 0 Å². The standard InChI is InChI=1S/C14H29N3O/c1-3-12(11-15)10-14(18)16-7-4-13-5-8-17(2)9-6-13/h12-13H,3-11,15H2,1-2H3,(H,16,18). The molecule has 0 aromatic heterocycles. The molecule has 1 aliphatic rings. The molecule has 106 valence electrons. The van der Waals surface area contributed by atoms with Crippen molar-refractivity contribution in [2.24, 2.45) is 17.6 Å². The third kappa shape index (κ3) is 5.83. The highest BCUT2D eigenvalue weighted by Crippen LogP contribution is 2.18. The van der Waals surface area contributed by atoms with Crippen molar-refractivity contribution in [3.8, 4) is 0 Å². The Morgan fingerprint density at radius 1 is 1.44 bits per heavy atom. The van der Waals surface area contributed by atoms with Crippen LogP contribution >= 0.6 is 0 Å². The molecule has 18 heavy (non-hydrogen) atoms. The first kappa shape index (κ1) is 15.4. The van der Waals surface area contributed by atoms with Crippen molar-refractivity contribution < 1.29 is 4.79 Å². The van der Waals surface area contributed by atoms with Gasteiger partial charge in [0.2, 0.25) is 5.91 Å². The topological polar surface area (TPSA) is 58.4 Å². The number of carbonyl (C=O) groups is 1. The van der Waals surface area contributed by atoms with Crippen LogP contribution in [-0.2, 0) is 4.79 Å². The van der Waals surface area contributed by atoms with Gasteiger partial charge in [-0.2, -0.15) is 0 Å². The first-order valence-electron chi connectivity index (χ1n) is 7.31. The average molecular weight is 255 g/mol. The summed E-state index contributed by atoms with van der Waals surface area (Å²) in [5.74, 6) is 1.30. The van der Waals surface area contributed by atoms with Crippen LogP contribution in [0.5, 0.6) is 0 Å². The van der Waals surface area contributed by atoms with Gasteiger partial charge >= 0.3 is 0 Å². The van der Waals surface area contributed by atoms with Crippen LogP contribution in [0, 0.1) is 11.8 Å². The normalized spacial score (nSPS) is 19.7. The van der Waals surface area contributed by atoms with E-state index < -0.39 is 0 Å². The Morgan fingerprint density at radius 2 is 2.11 bits per heavy atom. The molecule has 1 atom stereocenters. The Kier molecular flexibility index (Phi) is 7.28. The summed E-state index contributed by atoms with van der Waals surface area (Å²) in [4.78, 5) is 14.1. The zero-order valence-corrected chi connectivity index (χ0v) is 12.0. The quantitative estimate of drug-likeness (QED) is 0.719. The number of nitrogens with one attached hydrogen (secondary N) is 1. The maximum atomic E-state index is 11.7. The van der Waals surface area contributed by atoms with Crippen molar-refractivity contribution in [2.45, 2.75) is 39.0 Å². The van der Waals surface area contributed by atoms with E-state index in [-0.39, 0.29) is 5.91 Å². The second-order valence-corrected chi connectivity index (χ2v) is 5.60. The summed E-state index contributed by atoms with van der Waals surface area (Å²) in [6.45, 7) is 5.92. The second-order valence-electron chi connectivity index (χ2n) is 5.60. The van der Waals surface area contributed by atoms with Gasteiger partial charge < -0.3 is 16.0 Å². The van der Waals surface area contributed by atoms with Gasteiger partial charge in [0, 0.05) is 13.0 Å². The van der Waals surface area contributed by atoms with Crippen molar-refractivity contribution in [2.75, 3.05) is 33.2 Å². The monoisotopic (exact) mass is 255 g/mol. The third-order valence-electron chi connectivity index (χ3n) is 4.10. The Balaban J connectivity index is 2.08. The van der Waals surface area contributed by atoms with Gasteiger partial charge in [-0.05, 0) is 57.8 Å². The predicted molar refractivity (Wildman–Crippen MR) is 75.3 cm³/mol. The molecule has 4 nitrogen and oxygen atoms in total. The molecule has 3 N–H and O–H groups in total. The summed E-state index contributed by atoms with van der Waals surface area (Å²) in [5.41, 5.74) is 5.61. The van der Waals surface area contributed by atoms with Crippen LogP contribution in [0.25, 0.3) is 0 Å². The molecule has 0 bridgehead atoms. The summed E-state index contributed by atoms with van der Waals surface area (Å²) in [5, 5.41) is 3.03. The van der Waals surface area contributed by atoms with E-state index in [1.54, 1.807) is 0 Å². The molecule has 1 heterocycles. The fourth-order valence-corrected chi connectivity index (χ4v) is 2.50. The van der Waals surface area contributed by atoms with Crippen LogP contribution < -0.4 is 11.1 Å². The highest BCUT2D eigenvalue weighted by molar-refractivity contribution is 5.76. The molecular weight excluding hydrogens is 226 g/mol. The molecule has 1 unspecified atom stereocenters. The lowest BCUT2D eigenvalue weighted by Gasteiger charge is -2.28. The van der Waals surface area contributed by atoms with E-state index >= 15 is 0 Å². The summed E-state index contributed by atoms with van der Waals surface area (Å²) in [6.07, 6.45) is 5.23. The number of rotatable bonds is 7. The molecule has 1 amide bonds. The third-order valence-corrected chi connectivity index (χ3v) is 4.10. The van der Waals surface area contributed by atoms with Crippen LogP contribution in [0.4, 0.5) is 0 Å². The van der Waals surface area contributed by atoms with Gasteiger partial charge in [0.1, 0.15) is 0 Å². The number of hydrogen-bond donors (Lipinski definition) is 2. The molecule has 0 aromatic carbocycles. The number of piperidine rings is 1. The molecule has 1 aliphatic heterocycles. The summed E-state index contributed by atoms with van der Waals surface area (Å²) >= 11 is 0.